The lowest BCUT2D eigenvalue weighted by Crippen LogP contribution is -2.13. The predicted molar refractivity (Wildman–Crippen MR) is 117 cm³/mol. The monoisotopic (exact) mass is 446 g/mol. The standard InChI is InChI=1S/C22H27BrN2O3/c1-4-5-6-7-12-28-21-11-9-17(13-19(21)23)22(27)25-18-10-8-15(2)20(14-18)24-16(3)26/h8-11,13-14H,4-7,12H2,1-3H3,(H,24,26)(H,25,27). The zero-order valence-corrected chi connectivity index (χ0v) is 18.2. The van der Waals surface area contributed by atoms with Gasteiger partial charge in [0.2, 0.25) is 5.91 Å². The van der Waals surface area contributed by atoms with Crippen LogP contribution in [0, 0.1) is 6.92 Å². The van der Waals surface area contributed by atoms with E-state index in [0.29, 0.717) is 23.5 Å². The topological polar surface area (TPSA) is 67.4 Å². The molecule has 0 fully saturated rings. The lowest BCUT2D eigenvalue weighted by atomic mass is 10.1. The van der Waals surface area contributed by atoms with Crippen LogP contribution in [-0.2, 0) is 4.79 Å². The van der Waals surface area contributed by atoms with Gasteiger partial charge in [0.05, 0.1) is 11.1 Å². The molecule has 2 aromatic carbocycles. The van der Waals surface area contributed by atoms with Crippen molar-refractivity contribution in [3.63, 3.8) is 0 Å². The molecule has 0 heterocycles. The lowest BCUT2D eigenvalue weighted by Gasteiger charge is -2.12. The molecule has 2 rings (SSSR count). The summed E-state index contributed by atoms with van der Waals surface area (Å²) in [6, 6.07) is 10.7. The summed E-state index contributed by atoms with van der Waals surface area (Å²) >= 11 is 3.48. The van der Waals surface area contributed by atoms with Crippen molar-refractivity contribution in [2.45, 2.75) is 46.5 Å². The van der Waals surface area contributed by atoms with Gasteiger partial charge in [-0.15, -0.1) is 0 Å². The Kier molecular flexibility index (Phi) is 8.51. The molecular formula is C22H27BrN2O3. The molecule has 2 amide bonds. The Morgan fingerprint density at radius 3 is 2.50 bits per heavy atom. The van der Waals surface area contributed by atoms with E-state index >= 15 is 0 Å². The average Bonchev–Trinajstić information content (AvgIpc) is 2.65. The van der Waals surface area contributed by atoms with E-state index in [1.54, 1.807) is 30.3 Å². The van der Waals surface area contributed by atoms with Crippen LogP contribution in [0.1, 0.15) is 55.5 Å². The fourth-order valence-corrected chi connectivity index (χ4v) is 3.19. The summed E-state index contributed by atoms with van der Waals surface area (Å²) in [5, 5.41) is 5.62. The van der Waals surface area contributed by atoms with E-state index in [9.17, 15) is 9.59 Å². The molecule has 0 aromatic heterocycles. The van der Waals surface area contributed by atoms with Crippen molar-refractivity contribution in [2.24, 2.45) is 0 Å². The van der Waals surface area contributed by atoms with Crippen LogP contribution in [0.5, 0.6) is 5.75 Å². The number of amides is 2. The largest absolute Gasteiger partial charge is 0.492 e. The minimum Gasteiger partial charge on any atom is -0.492 e. The molecule has 6 heteroatoms. The highest BCUT2D eigenvalue weighted by Crippen LogP contribution is 2.27. The third-order valence-electron chi connectivity index (χ3n) is 4.26. The van der Waals surface area contributed by atoms with Gasteiger partial charge in [0, 0.05) is 23.9 Å². The summed E-state index contributed by atoms with van der Waals surface area (Å²) in [6.07, 6.45) is 4.59. The van der Waals surface area contributed by atoms with Gasteiger partial charge in [-0.3, -0.25) is 9.59 Å². The van der Waals surface area contributed by atoms with Crippen molar-refractivity contribution in [1.29, 1.82) is 0 Å². The first-order valence-electron chi connectivity index (χ1n) is 9.52. The van der Waals surface area contributed by atoms with Gasteiger partial charge in [-0.25, -0.2) is 0 Å². The highest BCUT2D eigenvalue weighted by Gasteiger charge is 2.11. The molecule has 0 aliphatic heterocycles. The van der Waals surface area contributed by atoms with Crippen LogP contribution in [0.25, 0.3) is 0 Å². The zero-order valence-electron chi connectivity index (χ0n) is 16.6. The van der Waals surface area contributed by atoms with Crippen LogP contribution >= 0.6 is 15.9 Å². The van der Waals surface area contributed by atoms with Crippen LogP contribution in [0.3, 0.4) is 0 Å². The second-order valence-electron chi connectivity index (χ2n) is 6.72. The van der Waals surface area contributed by atoms with E-state index in [4.69, 9.17) is 4.74 Å². The predicted octanol–water partition coefficient (Wildman–Crippen LogP) is 5.93. The summed E-state index contributed by atoms with van der Waals surface area (Å²) in [5.74, 6) is 0.352. The second-order valence-corrected chi connectivity index (χ2v) is 7.57. The van der Waals surface area contributed by atoms with Gasteiger partial charge < -0.3 is 15.4 Å². The molecule has 0 saturated heterocycles. The number of hydrogen-bond donors (Lipinski definition) is 2. The third-order valence-corrected chi connectivity index (χ3v) is 4.88. The van der Waals surface area contributed by atoms with Gasteiger partial charge in [-0.1, -0.05) is 32.3 Å². The second kappa shape index (κ2) is 10.9. The average molecular weight is 447 g/mol. The third kappa shape index (κ3) is 6.68. The molecule has 0 aliphatic carbocycles. The molecule has 0 atom stereocenters. The molecule has 0 bridgehead atoms. The maximum absolute atomic E-state index is 12.6. The summed E-state index contributed by atoms with van der Waals surface area (Å²) < 4.78 is 6.53. The van der Waals surface area contributed by atoms with Crippen molar-refractivity contribution in [1.82, 2.24) is 0 Å². The number of carbonyl (C=O) groups excluding carboxylic acids is 2. The van der Waals surface area contributed by atoms with Crippen LogP contribution in [0.4, 0.5) is 11.4 Å². The minimum atomic E-state index is -0.229. The van der Waals surface area contributed by atoms with Crippen LogP contribution in [0.15, 0.2) is 40.9 Å². The normalized spacial score (nSPS) is 10.4. The van der Waals surface area contributed by atoms with Crippen molar-refractivity contribution in [3.05, 3.63) is 52.0 Å². The Balaban J connectivity index is 2.00. The van der Waals surface area contributed by atoms with E-state index in [2.05, 4.69) is 33.5 Å². The van der Waals surface area contributed by atoms with Crippen LogP contribution < -0.4 is 15.4 Å². The summed E-state index contributed by atoms with van der Waals surface area (Å²) in [5.41, 5.74) is 2.74. The molecule has 5 nitrogen and oxygen atoms in total. The fourth-order valence-electron chi connectivity index (χ4n) is 2.70. The molecule has 0 unspecified atom stereocenters. The highest BCUT2D eigenvalue weighted by molar-refractivity contribution is 9.10. The Morgan fingerprint density at radius 1 is 1.04 bits per heavy atom. The molecule has 150 valence electrons. The molecule has 2 N–H and O–H groups in total. The number of hydrogen-bond acceptors (Lipinski definition) is 3. The van der Waals surface area contributed by atoms with Gasteiger partial charge >= 0.3 is 0 Å². The van der Waals surface area contributed by atoms with E-state index in [0.717, 1.165) is 28.6 Å². The van der Waals surface area contributed by atoms with Crippen LogP contribution in [-0.4, -0.2) is 18.4 Å². The van der Waals surface area contributed by atoms with Crippen LogP contribution in [0.2, 0.25) is 0 Å². The maximum Gasteiger partial charge on any atom is 0.255 e. The summed E-state index contributed by atoms with van der Waals surface area (Å²) in [7, 11) is 0. The quantitative estimate of drug-likeness (QED) is 0.469. The highest BCUT2D eigenvalue weighted by atomic mass is 79.9. The number of carbonyl (C=O) groups is 2. The first-order chi connectivity index (χ1) is 13.4. The molecule has 2 aromatic rings. The Bertz CT molecular complexity index is 837. The number of ether oxygens (including phenoxy) is 1. The molecule has 0 radical (unpaired) electrons. The SMILES string of the molecule is CCCCCCOc1ccc(C(=O)Nc2ccc(C)c(NC(C)=O)c2)cc1Br. The Labute approximate surface area is 175 Å². The molecule has 28 heavy (non-hydrogen) atoms. The Hall–Kier alpha value is -2.34. The van der Waals surface area contributed by atoms with Crippen molar-refractivity contribution < 1.29 is 14.3 Å². The zero-order chi connectivity index (χ0) is 20.5. The number of rotatable bonds is 9. The van der Waals surface area contributed by atoms with Gasteiger partial charge in [-0.2, -0.15) is 0 Å². The van der Waals surface area contributed by atoms with Gasteiger partial charge in [0.15, 0.2) is 0 Å². The first-order valence-corrected chi connectivity index (χ1v) is 10.3. The number of nitrogens with one attached hydrogen (secondary N) is 2. The number of halogens is 1. The minimum absolute atomic E-state index is 0.152. The summed E-state index contributed by atoms with van der Waals surface area (Å²) in [4.78, 5) is 23.9. The summed E-state index contributed by atoms with van der Waals surface area (Å²) in [6.45, 7) is 6.20. The molecule has 0 aliphatic rings. The van der Waals surface area contributed by atoms with Crippen molar-refractivity contribution >= 4 is 39.1 Å². The maximum atomic E-state index is 12.6. The first kappa shape index (κ1) is 22.0. The number of benzene rings is 2. The van der Waals surface area contributed by atoms with Gasteiger partial charge in [0.25, 0.3) is 5.91 Å². The van der Waals surface area contributed by atoms with Gasteiger partial charge in [-0.05, 0) is 65.2 Å². The van der Waals surface area contributed by atoms with E-state index in [1.807, 2.05) is 13.0 Å². The van der Waals surface area contributed by atoms with Crippen molar-refractivity contribution in [3.8, 4) is 5.75 Å². The fraction of sp³-hybridized carbons (Fsp3) is 0.364. The van der Waals surface area contributed by atoms with E-state index in [-0.39, 0.29) is 11.8 Å². The number of anilines is 2. The molecular weight excluding hydrogens is 420 g/mol. The van der Waals surface area contributed by atoms with Crippen molar-refractivity contribution in [2.75, 3.05) is 17.2 Å². The smallest absolute Gasteiger partial charge is 0.255 e. The van der Waals surface area contributed by atoms with E-state index in [1.165, 1.54) is 19.8 Å². The Morgan fingerprint density at radius 2 is 1.82 bits per heavy atom. The lowest BCUT2D eigenvalue weighted by molar-refractivity contribution is -0.114. The number of aryl methyl sites for hydroxylation is 1. The molecule has 0 spiro atoms. The van der Waals surface area contributed by atoms with Gasteiger partial charge in [0.1, 0.15) is 5.75 Å². The number of unbranched alkanes of at least 4 members (excludes halogenated alkanes) is 3. The molecule has 0 saturated carbocycles. The van der Waals surface area contributed by atoms with E-state index < -0.39 is 0 Å².